The number of benzene rings is 1. The summed E-state index contributed by atoms with van der Waals surface area (Å²) in [7, 11) is 1.61. The molecule has 2 nitrogen and oxygen atoms in total. The van der Waals surface area contributed by atoms with E-state index >= 15 is 0 Å². The van der Waals surface area contributed by atoms with E-state index in [1.54, 1.807) is 14.0 Å². The van der Waals surface area contributed by atoms with Gasteiger partial charge in [-0.15, -0.1) is 0 Å². The zero-order valence-corrected chi connectivity index (χ0v) is 9.24. The number of methoxy groups -OCH3 is 1. The first-order chi connectivity index (χ1) is 7.19. The Hall–Kier alpha value is -1.09. The van der Waals surface area contributed by atoms with E-state index in [-0.39, 0.29) is 5.92 Å². The monoisotopic (exact) mass is 211 g/mol. The van der Waals surface area contributed by atoms with Crippen LogP contribution in [0.25, 0.3) is 0 Å². The molecular weight excluding hydrogens is 193 g/mol. The minimum absolute atomic E-state index is 0.134. The fourth-order valence-electron chi connectivity index (χ4n) is 1.71. The Morgan fingerprint density at radius 2 is 2.20 bits per heavy atom. The summed E-state index contributed by atoms with van der Waals surface area (Å²) in [5.41, 5.74) is 6.43. The van der Waals surface area contributed by atoms with Gasteiger partial charge in [0.05, 0.1) is 7.11 Å². The zero-order valence-electron chi connectivity index (χ0n) is 9.24. The van der Waals surface area contributed by atoms with Crippen molar-refractivity contribution in [2.75, 3.05) is 13.7 Å². The molecule has 0 amide bonds. The Morgan fingerprint density at radius 1 is 1.47 bits per heavy atom. The number of nitrogens with two attached hydrogens (primary N) is 1. The summed E-state index contributed by atoms with van der Waals surface area (Å²) in [6, 6.07) is 7.52. The van der Waals surface area contributed by atoms with E-state index in [0.29, 0.717) is 13.0 Å². The van der Waals surface area contributed by atoms with Crippen LogP contribution in [0.4, 0.5) is 4.39 Å². The van der Waals surface area contributed by atoms with Gasteiger partial charge in [-0.2, -0.15) is 0 Å². The van der Waals surface area contributed by atoms with Crippen LogP contribution < -0.4 is 10.5 Å². The van der Waals surface area contributed by atoms with Crippen molar-refractivity contribution >= 4 is 0 Å². The maximum Gasteiger partial charge on any atom is 0.119 e. The number of hydrogen-bond donors (Lipinski definition) is 1. The van der Waals surface area contributed by atoms with Gasteiger partial charge in [-0.25, -0.2) is 4.39 Å². The number of ether oxygens (including phenoxy) is 1. The van der Waals surface area contributed by atoms with Crippen molar-refractivity contribution in [2.24, 2.45) is 5.73 Å². The average molecular weight is 211 g/mol. The second kappa shape index (κ2) is 5.71. The van der Waals surface area contributed by atoms with Gasteiger partial charge >= 0.3 is 0 Å². The summed E-state index contributed by atoms with van der Waals surface area (Å²) < 4.78 is 18.5. The lowest BCUT2D eigenvalue weighted by atomic mass is 9.92. The molecule has 0 fully saturated rings. The lowest BCUT2D eigenvalue weighted by molar-refractivity contribution is 0.296. The van der Waals surface area contributed by atoms with Gasteiger partial charge in [0, 0.05) is 5.92 Å². The molecule has 1 rings (SSSR count). The molecule has 0 heterocycles. The summed E-state index contributed by atoms with van der Waals surface area (Å²) in [5, 5.41) is 0. The smallest absolute Gasteiger partial charge is 0.119 e. The number of hydrogen-bond acceptors (Lipinski definition) is 2. The maximum atomic E-state index is 13.4. The summed E-state index contributed by atoms with van der Waals surface area (Å²) in [6.45, 7) is 2.07. The summed E-state index contributed by atoms with van der Waals surface area (Å²) in [6.07, 6.45) is -0.231. The molecule has 84 valence electrons. The van der Waals surface area contributed by atoms with E-state index in [1.807, 2.05) is 24.3 Å². The summed E-state index contributed by atoms with van der Waals surface area (Å²) in [5.74, 6) is 0.625. The zero-order chi connectivity index (χ0) is 11.3. The Labute approximate surface area is 90.2 Å². The van der Waals surface area contributed by atoms with Gasteiger partial charge in [-0.1, -0.05) is 12.1 Å². The van der Waals surface area contributed by atoms with Crippen LogP contribution in [0.5, 0.6) is 5.75 Å². The standard InChI is InChI=1S/C12H18FNO/c1-9(13)12(6-7-14)10-4-3-5-11(8-10)15-2/h3-5,8-9,12H,6-7,14H2,1-2H3. The Bertz CT molecular complexity index is 301. The predicted molar refractivity (Wildman–Crippen MR) is 60.0 cm³/mol. The largest absolute Gasteiger partial charge is 0.497 e. The van der Waals surface area contributed by atoms with Crippen LogP contribution in [-0.4, -0.2) is 19.8 Å². The Balaban J connectivity index is 2.89. The minimum atomic E-state index is -0.888. The van der Waals surface area contributed by atoms with Crippen molar-refractivity contribution in [3.05, 3.63) is 29.8 Å². The van der Waals surface area contributed by atoms with Crippen LogP contribution in [0.2, 0.25) is 0 Å². The molecule has 0 spiro atoms. The fourth-order valence-corrected chi connectivity index (χ4v) is 1.71. The molecule has 1 aromatic carbocycles. The van der Waals surface area contributed by atoms with Crippen LogP contribution in [0.15, 0.2) is 24.3 Å². The first-order valence-electron chi connectivity index (χ1n) is 5.17. The van der Waals surface area contributed by atoms with Gasteiger partial charge in [-0.05, 0) is 37.6 Å². The highest BCUT2D eigenvalue weighted by Crippen LogP contribution is 2.27. The summed E-state index contributed by atoms with van der Waals surface area (Å²) >= 11 is 0. The van der Waals surface area contributed by atoms with Gasteiger partial charge in [0.15, 0.2) is 0 Å². The van der Waals surface area contributed by atoms with Crippen molar-refractivity contribution in [2.45, 2.75) is 25.4 Å². The van der Waals surface area contributed by atoms with Crippen LogP contribution in [0.1, 0.15) is 24.8 Å². The van der Waals surface area contributed by atoms with Crippen molar-refractivity contribution in [3.63, 3.8) is 0 Å². The molecule has 2 unspecified atom stereocenters. The second-order valence-corrected chi connectivity index (χ2v) is 3.64. The first-order valence-corrected chi connectivity index (χ1v) is 5.17. The molecule has 0 aliphatic heterocycles. The second-order valence-electron chi connectivity index (χ2n) is 3.64. The average Bonchev–Trinajstić information content (AvgIpc) is 2.25. The van der Waals surface area contributed by atoms with Gasteiger partial charge in [-0.3, -0.25) is 0 Å². The highest BCUT2D eigenvalue weighted by Gasteiger charge is 2.18. The maximum absolute atomic E-state index is 13.4. The number of alkyl halides is 1. The molecule has 15 heavy (non-hydrogen) atoms. The number of halogens is 1. The minimum Gasteiger partial charge on any atom is -0.497 e. The Morgan fingerprint density at radius 3 is 2.73 bits per heavy atom. The van der Waals surface area contributed by atoms with Gasteiger partial charge in [0.2, 0.25) is 0 Å². The van der Waals surface area contributed by atoms with E-state index in [9.17, 15) is 4.39 Å². The molecule has 3 heteroatoms. The highest BCUT2D eigenvalue weighted by atomic mass is 19.1. The third kappa shape index (κ3) is 3.20. The topological polar surface area (TPSA) is 35.2 Å². The molecule has 2 atom stereocenters. The molecule has 0 bridgehead atoms. The molecule has 0 aliphatic carbocycles. The van der Waals surface area contributed by atoms with E-state index in [2.05, 4.69) is 0 Å². The SMILES string of the molecule is COc1cccc(C(CCN)C(C)F)c1. The van der Waals surface area contributed by atoms with Gasteiger partial charge in [0.1, 0.15) is 11.9 Å². The van der Waals surface area contributed by atoms with Gasteiger partial charge < -0.3 is 10.5 Å². The Kier molecular flexibility index (Phi) is 4.56. The predicted octanol–water partition coefficient (Wildman–Crippen LogP) is 2.49. The fraction of sp³-hybridized carbons (Fsp3) is 0.500. The van der Waals surface area contributed by atoms with E-state index in [0.717, 1.165) is 11.3 Å². The van der Waals surface area contributed by atoms with Crippen LogP contribution in [-0.2, 0) is 0 Å². The molecule has 0 radical (unpaired) electrons. The molecule has 0 aromatic heterocycles. The molecule has 1 aromatic rings. The van der Waals surface area contributed by atoms with Crippen molar-refractivity contribution in [3.8, 4) is 5.75 Å². The quantitative estimate of drug-likeness (QED) is 0.812. The lowest BCUT2D eigenvalue weighted by Gasteiger charge is -2.18. The van der Waals surface area contributed by atoms with Crippen molar-refractivity contribution < 1.29 is 9.13 Å². The molecule has 0 saturated carbocycles. The van der Waals surface area contributed by atoms with Gasteiger partial charge in [0.25, 0.3) is 0 Å². The third-order valence-electron chi connectivity index (χ3n) is 2.55. The van der Waals surface area contributed by atoms with Crippen LogP contribution in [0.3, 0.4) is 0 Å². The molecule has 0 aliphatic rings. The van der Waals surface area contributed by atoms with Crippen LogP contribution >= 0.6 is 0 Å². The van der Waals surface area contributed by atoms with Crippen molar-refractivity contribution in [1.82, 2.24) is 0 Å². The molecule has 2 N–H and O–H groups in total. The van der Waals surface area contributed by atoms with Crippen molar-refractivity contribution in [1.29, 1.82) is 0 Å². The van der Waals surface area contributed by atoms with E-state index in [4.69, 9.17) is 10.5 Å². The van der Waals surface area contributed by atoms with Crippen LogP contribution in [0, 0.1) is 0 Å². The molecular formula is C12H18FNO. The third-order valence-corrected chi connectivity index (χ3v) is 2.55. The molecule has 0 saturated heterocycles. The number of rotatable bonds is 5. The lowest BCUT2D eigenvalue weighted by Crippen LogP contribution is -2.15. The summed E-state index contributed by atoms with van der Waals surface area (Å²) in [4.78, 5) is 0. The highest BCUT2D eigenvalue weighted by molar-refractivity contribution is 5.31. The first kappa shape index (κ1) is 12.0. The normalized spacial score (nSPS) is 14.7. The van der Waals surface area contributed by atoms with E-state index in [1.165, 1.54) is 0 Å². The van der Waals surface area contributed by atoms with E-state index < -0.39 is 6.17 Å².